The molecular weight excluding hydrogens is 364 g/mol. The molecule has 1 heterocycles. The number of amides is 2. The molecule has 2 N–H and O–H groups in total. The minimum absolute atomic E-state index is 0.109. The van der Waals surface area contributed by atoms with E-state index in [-0.39, 0.29) is 11.8 Å². The number of hydrogen-bond acceptors (Lipinski definition) is 3. The number of nitrogens with zero attached hydrogens (tertiary/aromatic N) is 2. The molecule has 7 heteroatoms. The SMILES string of the molecule is CCC(=O)Nc1ccc(Cl)c(NC(=O)c2ccc(Cn3cccn3)cc2)c1. The van der Waals surface area contributed by atoms with Crippen LogP contribution in [0.15, 0.2) is 60.9 Å². The van der Waals surface area contributed by atoms with Gasteiger partial charge in [0.05, 0.1) is 17.3 Å². The average Bonchev–Trinajstić information content (AvgIpc) is 3.18. The molecule has 0 bridgehead atoms. The zero-order chi connectivity index (χ0) is 19.2. The predicted molar refractivity (Wildman–Crippen MR) is 106 cm³/mol. The molecule has 2 aromatic carbocycles. The number of rotatable bonds is 6. The standard InChI is InChI=1S/C20H19ClN4O2/c1-2-19(26)23-16-8-9-17(21)18(12-16)24-20(27)15-6-4-14(5-7-15)13-25-11-3-10-22-25/h3-12H,2,13H2,1H3,(H,23,26)(H,24,27). The van der Waals surface area contributed by atoms with Gasteiger partial charge in [0.2, 0.25) is 5.91 Å². The molecule has 6 nitrogen and oxygen atoms in total. The molecule has 0 fully saturated rings. The molecular formula is C20H19ClN4O2. The largest absolute Gasteiger partial charge is 0.326 e. The van der Waals surface area contributed by atoms with Crippen LogP contribution in [0.2, 0.25) is 5.02 Å². The van der Waals surface area contributed by atoms with E-state index in [9.17, 15) is 9.59 Å². The third-order valence-corrected chi connectivity index (χ3v) is 4.27. The highest BCUT2D eigenvalue weighted by atomic mass is 35.5. The summed E-state index contributed by atoms with van der Waals surface area (Å²) < 4.78 is 1.81. The van der Waals surface area contributed by atoms with E-state index in [1.807, 2.05) is 29.1 Å². The van der Waals surface area contributed by atoms with Gasteiger partial charge in [-0.2, -0.15) is 5.10 Å². The third kappa shape index (κ3) is 4.95. The first-order valence-corrected chi connectivity index (χ1v) is 8.90. The average molecular weight is 383 g/mol. The minimum Gasteiger partial charge on any atom is -0.326 e. The summed E-state index contributed by atoms with van der Waals surface area (Å²) in [7, 11) is 0. The zero-order valence-corrected chi connectivity index (χ0v) is 15.5. The Morgan fingerprint density at radius 1 is 1.11 bits per heavy atom. The van der Waals surface area contributed by atoms with Gasteiger partial charge in [-0.25, -0.2) is 0 Å². The van der Waals surface area contributed by atoms with Gasteiger partial charge in [-0.15, -0.1) is 0 Å². The van der Waals surface area contributed by atoms with Crippen molar-refractivity contribution in [1.82, 2.24) is 9.78 Å². The third-order valence-electron chi connectivity index (χ3n) is 3.94. The van der Waals surface area contributed by atoms with Gasteiger partial charge in [0.15, 0.2) is 0 Å². The van der Waals surface area contributed by atoms with Crippen LogP contribution < -0.4 is 10.6 Å². The van der Waals surface area contributed by atoms with Crippen molar-refractivity contribution in [2.24, 2.45) is 0 Å². The molecule has 0 spiro atoms. The van der Waals surface area contributed by atoms with Crippen LogP contribution in [0, 0.1) is 0 Å². The lowest BCUT2D eigenvalue weighted by Crippen LogP contribution is -2.14. The molecule has 0 aliphatic rings. The van der Waals surface area contributed by atoms with Crippen LogP contribution in [0.5, 0.6) is 0 Å². The van der Waals surface area contributed by atoms with Crippen molar-refractivity contribution >= 4 is 34.8 Å². The van der Waals surface area contributed by atoms with E-state index >= 15 is 0 Å². The first-order valence-electron chi connectivity index (χ1n) is 8.52. The summed E-state index contributed by atoms with van der Waals surface area (Å²) in [6, 6.07) is 14.1. The molecule has 0 saturated carbocycles. The van der Waals surface area contributed by atoms with Crippen LogP contribution in [-0.4, -0.2) is 21.6 Å². The summed E-state index contributed by atoms with van der Waals surface area (Å²) in [5.41, 5.74) is 2.57. The van der Waals surface area contributed by atoms with Crippen LogP contribution in [-0.2, 0) is 11.3 Å². The van der Waals surface area contributed by atoms with Crippen molar-refractivity contribution in [3.63, 3.8) is 0 Å². The van der Waals surface area contributed by atoms with Gasteiger partial charge in [-0.1, -0.05) is 30.7 Å². The van der Waals surface area contributed by atoms with Gasteiger partial charge < -0.3 is 10.6 Å². The van der Waals surface area contributed by atoms with E-state index in [0.717, 1.165) is 5.56 Å². The predicted octanol–water partition coefficient (Wildman–Crippen LogP) is 4.19. The molecule has 0 radical (unpaired) electrons. The Morgan fingerprint density at radius 2 is 1.89 bits per heavy atom. The monoisotopic (exact) mass is 382 g/mol. The second-order valence-electron chi connectivity index (χ2n) is 5.95. The van der Waals surface area contributed by atoms with E-state index in [1.165, 1.54) is 0 Å². The maximum atomic E-state index is 12.5. The fraction of sp³-hybridized carbons (Fsp3) is 0.150. The van der Waals surface area contributed by atoms with Crippen molar-refractivity contribution in [1.29, 1.82) is 0 Å². The second-order valence-corrected chi connectivity index (χ2v) is 6.36. The summed E-state index contributed by atoms with van der Waals surface area (Å²) in [5.74, 6) is -0.385. The lowest BCUT2D eigenvalue weighted by atomic mass is 10.1. The Morgan fingerprint density at radius 3 is 2.56 bits per heavy atom. The number of halogens is 1. The first kappa shape index (κ1) is 18.7. The second kappa shape index (κ2) is 8.51. The summed E-state index contributed by atoms with van der Waals surface area (Å²) in [6.07, 6.45) is 3.98. The van der Waals surface area contributed by atoms with Crippen LogP contribution in [0.4, 0.5) is 11.4 Å². The van der Waals surface area contributed by atoms with Crippen molar-refractivity contribution < 1.29 is 9.59 Å². The number of aromatic nitrogens is 2. The van der Waals surface area contributed by atoms with Crippen molar-refractivity contribution in [3.8, 4) is 0 Å². The molecule has 138 valence electrons. The van der Waals surface area contributed by atoms with E-state index in [0.29, 0.717) is 34.9 Å². The van der Waals surface area contributed by atoms with Crippen molar-refractivity contribution in [3.05, 3.63) is 77.1 Å². The van der Waals surface area contributed by atoms with Gasteiger partial charge >= 0.3 is 0 Å². The van der Waals surface area contributed by atoms with Crippen LogP contribution in [0.25, 0.3) is 0 Å². The van der Waals surface area contributed by atoms with Crippen LogP contribution in [0.1, 0.15) is 29.3 Å². The molecule has 3 rings (SSSR count). The molecule has 27 heavy (non-hydrogen) atoms. The fourth-order valence-electron chi connectivity index (χ4n) is 2.49. The van der Waals surface area contributed by atoms with Gasteiger partial charge in [-0.05, 0) is 42.0 Å². The Hall–Kier alpha value is -3.12. The molecule has 2 amide bonds. The van der Waals surface area contributed by atoms with Gasteiger partial charge in [0.25, 0.3) is 5.91 Å². The maximum Gasteiger partial charge on any atom is 0.255 e. The Kier molecular flexibility index (Phi) is 5.88. The maximum absolute atomic E-state index is 12.5. The number of anilines is 2. The summed E-state index contributed by atoms with van der Waals surface area (Å²) >= 11 is 6.17. The van der Waals surface area contributed by atoms with E-state index in [4.69, 9.17) is 11.6 Å². The summed E-state index contributed by atoms with van der Waals surface area (Å²) in [5, 5.41) is 10.1. The fourth-order valence-corrected chi connectivity index (χ4v) is 2.65. The number of benzene rings is 2. The number of carbonyl (C=O) groups is 2. The number of hydrogen-bond donors (Lipinski definition) is 2. The molecule has 0 saturated heterocycles. The number of nitrogens with one attached hydrogen (secondary N) is 2. The highest BCUT2D eigenvalue weighted by Gasteiger charge is 2.10. The van der Waals surface area contributed by atoms with E-state index in [2.05, 4.69) is 15.7 Å². The normalized spacial score (nSPS) is 10.4. The Labute approximate surface area is 162 Å². The van der Waals surface area contributed by atoms with Crippen molar-refractivity contribution in [2.75, 3.05) is 10.6 Å². The molecule has 3 aromatic rings. The highest BCUT2D eigenvalue weighted by Crippen LogP contribution is 2.26. The molecule has 1 aromatic heterocycles. The Bertz CT molecular complexity index is 937. The smallest absolute Gasteiger partial charge is 0.255 e. The van der Waals surface area contributed by atoms with Gasteiger partial charge in [0, 0.05) is 30.1 Å². The molecule has 0 aliphatic heterocycles. The molecule has 0 atom stereocenters. The molecule has 0 aliphatic carbocycles. The topological polar surface area (TPSA) is 76.0 Å². The summed E-state index contributed by atoms with van der Waals surface area (Å²) in [6.45, 7) is 2.41. The lowest BCUT2D eigenvalue weighted by Gasteiger charge is -2.11. The van der Waals surface area contributed by atoms with Gasteiger partial charge in [0.1, 0.15) is 0 Å². The number of carbonyl (C=O) groups excluding carboxylic acids is 2. The Balaban J connectivity index is 1.69. The zero-order valence-electron chi connectivity index (χ0n) is 14.8. The minimum atomic E-state index is -0.276. The van der Waals surface area contributed by atoms with E-state index < -0.39 is 0 Å². The van der Waals surface area contributed by atoms with Gasteiger partial charge in [-0.3, -0.25) is 14.3 Å². The van der Waals surface area contributed by atoms with Crippen LogP contribution >= 0.6 is 11.6 Å². The highest BCUT2D eigenvalue weighted by molar-refractivity contribution is 6.34. The van der Waals surface area contributed by atoms with E-state index in [1.54, 1.807) is 43.5 Å². The molecule has 0 unspecified atom stereocenters. The summed E-state index contributed by atoms with van der Waals surface area (Å²) in [4.78, 5) is 24.0. The lowest BCUT2D eigenvalue weighted by molar-refractivity contribution is -0.115. The van der Waals surface area contributed by atoms with Crippen LogP contribution in [0.3, 0.4) is 0 Å². The van der Waals surface area contributed by atoms with Crippen molar-refractivity contribution in [2.45, 2.75) is 19.9 Å². The quantitative estimate of drug-likeness (QED) is 0.671. The first-order chi connectivity index (χ1) is 13.0.